The number of thioether (sulfide) groups is 1. The standard InChI is InChI=1S/C14H22N2OS/c1-2-3-10-18-11-4-5-14(17)16-13-8-6-12(15)7-9-13/h6-9H,2-5,10-11,15H2,1H3,(H,16,17). The molecule has 4 heteroatoms. The molecule has 18 heavy (non-hydrogen) atoms. The summed E-state index contributed by atoms with van der Waals surface area (Å²) in [5.74, 6) is 2.35. The molecule has 0 aromatic heterocycles. The summed E-state index contributed by atoms with van der Waals surface area (Å²) in [6, 6.07) is 7.22. The molecule has 1 rings (SSSR count). The Kier molecular flexibility index (Phi) is 7.34. The lowest BCUT2D eigenvalue weighted by atomic mass is 10.2. The number of hydrogen-bond acceptors (Lipinski definition) is 3. The Labute approximate surface area is 114 Å². The highest BCUT2D eigenvalue weighted by molar-refractivity contribution is 7.99. The second-order valence-electron chi connectivity index (χ2n) is 4.24. The average molecular weight is 266 g/mol. The lowest BCUT2D eigenvalue weighted by Gasteiger charge is -2.05. The van der Waals surface area contributed by atoms with E-state index in [1.807, 2.05) is 23.9 Å². The zero-order valence-corrected chi connectivity index (χ0v) is 11.8. The zero-order chi connectivity index (χ0) is 13.2. The third-order valence-electron chi connectivity index (χ3n) is 2.53. The molecule has 0 atom stereocenters. The van der Waals surface area contributed by atoms with E-state index < -0.39 is 0 Å². The Morgan fingerprint density at radius 3 is 2.56 bits per heavy atom. The van der Waals surface area contributed by atoms with Crippen molar-refractivity contribution in [2.75, 3.05) is 22.6 Å². The summed E-state index contributed by atoms with van der Waals surface area (Å²) < 4.78 is 0. The van der Waals surface area contributed by atoms with Crippen LogP contribution in [0.4, 0.5) is 11.4 Å². The van der Waals surface area contributed by atoms with Crippen molar-refractivity contribution >= 4 is 29.0 Å². The highest BCUT2D eigenvalue weighted by atomic mass is 32.2. The van der Waals surface area contributed by atoms with Gasteiger partial charge in [-0.05, 0) is 48.6 Å². The van der Waals surface area contributed by atoms with Gasteiger partial charge in [-0.1, -0.05) is 13.3 Å². The maximum absolute atomic E-state index is 11.6. The van der Waals surface area contributed by atoms with Crippen molar-refractivity contribution in [2.24, 2.45) is 0 Å². The lowest BCUT2D eigenvalue weighted by Crippen LogP contribution is -2.11. The summed E-state index contributed by atoms with van der Waals surface area (Å²) >= 11 is 1.93. The van der Waals surface area contributed by atoms with E-state index >= 15 is 0 Å². The molecule has 0 aliphatic carbocycles. The first-order chi connectivity index (χ1) is 8.72. The van der Waals surface area contributed by atoms with E-state index in [1.165, 1.54) is 18.6 Å². The average Bonchev–Trinajstić information content (AvgIpc) is 2.36. The molecule has 0 bridgehead atoms. The van der Waals surface area contributed by atoms with Crippen molar-refractivity contribution in [3.8, 4) is 0 Å². The second kappa shape index (κ2) is 8.86. The van der Waals surface area contributed by atoms with Crippen LogP contribution in [0.1, 0.15) is 32.6 Å². The van der Waals surface area contributed by atoms with Crippen molar-refractivity contribution in [3.05, 3.63) is 24.3 Å². The molecule has 3 nitrogen and oxygen atoms in total. The summed E-state index contributed by atoms with van der Waals surface area (Å²) in [6.45, 7) is 2.20. The van der Waals surface area contributed by atoms with Gasteiger partial charge in [-0.25, -0.2) is 0 Å². The molecule has 0 saturated carbocycles. The fourth-order valence-corrected chi connectivity index (χ4v) is 2.52. The summed E-state index contributed by atoms with van der Waals surface area (Å²) in [6.07, 6.45) is 4.03. The smallest absolute Gasteiger partial charge is 0.224 e. The van der Waals surface area contributed by atoms with Crippen LogP contribution in [-0.2, 0) is 4.79 Å². The zero-order valence-electron chi connectivity index (χ0n) is 10.9. The van der Waals surface area contributed by atoms with Crippen molar-refractivity contribution in [3.63, 3.8) is 0 Å². The first kappa shape index (κ1) is 14.9. The maximum Gasteiger partial charge on any atom is 0.224 e. The molecule has 0 aliphatic rings. The van der Waals surface area contributed by atoms with Crippen LogP contribution in [0, 0.1) is 0 Å². The Morgan fingerprint density at radius 1 is 1.22 bits per heavy atom. The van der Waals surface area contributed by atoms with Crippen LogP contribution < -0.4 is 11.1 Å². The fourth-order valence-electron chi connectivity index (χ4n) is 1.47. The fraction of sp³-hybridized carbons (Fsp3) is 0.500. The van der Waals surface area contributed by atoms with Crippen LogP contribution in [0.3, 0.4) is 0 Å². The van der Waals surface area contributed by atoms with Crippen LogP contribution in [0.15, 0.2) is 24.3 Å². The quantitative estimate of drug-likeness (QED) is 0.559. The van der Waals surface area contributed by atoms with Gasteiger partial charge in [-0.15, -0.1) is 0 Å². The summed E-state index contributed by atoms with van der Waals surface area (Å²) in [5, 5.41) is 2.87. The molecular formula is C14H22N2OS. The second-order valence-corrected chi connectivity index (χ2v) is 5.46. The normalized spacial score (nSPS) is 10.3. The Balaban J connectivity index is 2.12. The van der Waals surface area contributed by atoms with Gasteiger partial charge in [0.25, 0.3) is 0 Å². The predicted octanol–water partition coefficient (Wildman–Crippen LogP) is 3.52. The van der Waals surface area contributed by atoms with Gasteiger partial charge in [-0.3, -0.25) is 4.79 Å². The topological polar surface area (TPSA) is 55.1 Å². The largest absolute Gasteiger partial charge is 0.399 e. The number of hydrogen-bond donors (Lipinski definition) is 2. The Hall–Kier alpha value is -1.16. The minimum atomic E-state index is 0.0795. The van der Waals surface area contributed by atoms with Gasteiger partial charge in [-0.2, -0.15) is 11.8 Å². The van der Waals surface area contributed by atoms with Gasteiger partial charge in [0.1, 0.15) is 0 Å². The van der Waals surface area contributed by atoms with E-state index in [0.717, 1.165) is 17.9 Å². The first-order valence-corrected chi connectivity index (χ1v) is 7.61. The highest BCUT2D eigenvalue weighted by Gasteiger charge is 2.01. The number of carbonyl (C=O) groups is 1. The molecule has 0 spiro atoms. The highest BCUT2D eigenvalue weighted by Crippen LogP contribution is 2.12. The van der Waals surface area contributed by atoms with Crippen LogP contribution >= 0.6 is 11.8 Å². The third-order valence-corrected chi connectivity index (χ3v) is 3.68. The van der Waals surface area contributed by atoms with Gasteiger partial charge in [0.15, 0.2) is 0 Å². The van der Waals surface area contributed by atoms with Crippen molar-refractivity contribution in [1.29, 1.82) is 0 Å². The number of rotatable bonds is 8. The summed E-state index contributed by atoms with van der Waals surface area (Å²) in [7, 11) is 0. The summed E-state index contributed by atoms with van der Waals surface area (Å²) in [5.41, 5.74) is 7.10. The predicted molar refractivity (Wildman–Crippen MR) is 81.0 cm³/mol. The third kappa shape index (κ3) is 6.55. The molecule has 1 aromatic carbocycles. The molecule has 0 unspecified atom stereocenters. The molecule has 0 heterocycles. The molecule has 1 aromatic rings. The van der Waals surface area contributed by atoms with Crippen LogP contribution in [0.25, 0.3) is 0 Å². The van der Waals surface area contributed by atoms with Crippen molar-refractivity contribution in [2.45, 2.75) is 32.6 Å². The number of nitrogens with two attached hydrogens (primary N) is 1. The molecule has 100 valence electrons. The van der Waals surface area contributed by atoms with E-state index in [4.69, 9.17) is 5.73 Å². The molecule has 0 saturated heterocycles. The number of amides is 1. The van der Waals surface area contributed by atoms with E-state index in [0.29, 0.717) is 12.1 Å². The SMILES string of the molecule is CCCCSCCCC(=O)Nc1ccc(N)cc1. The Morgan fingerprint density at radius 2 is 1.89 bits per heavy atom. The number of anilines is 2. The number of benzene rings is 1. The van der Waals surface area contributed by atoms with Crippen LogP contribution in [0.5, 0.6) is 0 Å². The lowest BCUT2D eigenvalue weighted by molar-refractivity contribution is -0.116. The number of nitrogen functional groups attached to an aromatic ring is 1. The monoisotopic (exact) mass is 266 g/mol. The Bertz CT molecular complexity index is 351. The number of unbranched alkanes of at least 4 members (excludes halogenated alkanes) is 1. The molecule has 0 aliphatic heterocycles. The summed E-state index contributed by atoms with van der Waals surface area (Å²) in [4.78, 5) is 11.6. The van der Waals surface area contributed by atoms with Gasteiger partial charge in [0, 0.05) is 17.8 Å². The maximum atomic E-state index is 11.6. The van der Waals surface area contributed by atoms with Gasteiger partial charge < -0.3 is 11.1 Å². The molecule has 1 amide bonds. The molecule has 0 radical (unpaired) electrons. The molecule has 0 fully saturated rings. The van der Waals surface area contributed by atoms with E-state index in [2.05, 4.69) is 12.2 Å². The number of nitrogens with one attached hydrogen (secondary N) is 1. The molecule has 3 N–H and O–H groups in total. The van der Waals surface area contributed by atoms with Crippen molar-refractivity contribution < 1.29 is 4.79 Å². The van der Waals surface area contributed by atoms with E-state index in [-0.39, 0.29) is 5.91 Å². The van der Waals surface area contributed by atoms with Crippen LogP contribution in [-0.4, -0.2) is 17.4 Å². The molecular weight excluding hydrogens is 244 g/mol. The van der Waals surface area contributed by atoms with Gasteiger partial charge >= 0.3 is 0 Å². The van der Waals surface area contributed by atoms with E-state index in [9.17, 15) is 4.79 Å². The van der Waals surface area contributed by atoms with Gasteiger partial charge in [0.2, 0.25) is 5.91 Å². The van der Waals surface area contributed by atoms with Crippen molar-refractivity contribution in [1.82, 2.24) is 0 Å². The van der Waals surface area contributed by atoms with Crippen LogP contribution in [0.2, 0.25) is 0 Å². The minimum absolute atomic E-state index is 0.0795. The minimum Gasteiger partial charge on any atom is -0.399 e. The van der Waals surface area contributed by atoms with Gasteiger partial charge in [0.05, 0.1) is 0 Å². The first-order valence-electron chi connectivity index (χ1n) is 6.45. The number of carbonyl (C=O) groups excluding carboxylic acids is 1. The van der Waals surface area contributed by atoms with E-state index in [1.54, 1.807) is 12.1 Å².